The molecule has 0 spiro atoms. The summed E-state index contributed by atoms with van der Waals surface area (Å²) in [6.45, 7) is 0. The Morgan fingerprint density at radius 2 is 1.82 bits per heavy atom. The third-order valence-corrected chi connectivity index (χ3v) is 3.61. The summed E-state index contributed by atoms with van der Waals surface area (Å²) in [6.07, 6.45) is 3.70. The van der Waals surface area contributed by atoms with Gasteiger partial charge in [-0.15, -0.1) is 0 Å². The van der Waals surface area contributed by atoms with Crippen LogP contribution in [0.15, 0.2) is 54.6 Å². The first-order valence-electron chi connectivity index (χ1n) is 6.62. The zero-order valence-corrected chi connectivity index (χ0v) is 12.2. The van der Waals surface area contributed by atoms with Gasteiger partial charge in [0, 0.05) is 11.1 Å². The minimum Gasteiger partial charge on any atom is -0.258 e. The highest BCUT2D eigenvalue weighted by atomic mass is 35.5. The van der Waals surface area contributed by atoms with E-state index in [1.54, 1.807) is 24.3 Å². The molecule has 0 saturated carbocycles. The molecule has 0 aliphatic carbocycles. The van der Waals surface area contributed by atoms with Crippen LogP contribution in [0.5, 0.6) is 0 Å². The van der Waals surface area contributed by atoms with Crippen molar-refractivity contribution >= 4 is 40.3 Å². The first kappa shape index (κ1) is 14.2. The van der Waals surface area contributed by atoms with Crippen molar-refractivity contribution in [1.29, 1.82) is 0 Å². The maximum Gasteiger partial charge on any atom is 0.278 e. The molecular weight excluding hydrogens is 300 g/mol. The number of pyridine rings is 1. The highest BCUT2D eigenvalue weighted by molar-refractivity contribution is 6.32. The molecule has 1 heterocycles. The Morgan fingerprint density at radius 3 is 2.59 bits per heavy atom. The molecule has 3 rings (SSSR count). The zero-order valence-electron chi connectivity index (χ0n) is 11.4. The van der Waals surface area contributed by atoms with Crippen LogP contribution in [0, 0.1) is 10.1 Å². The van der Waals surface area contributed by atoms with Gasteiger partial charge in [-0.05, 0) is 35.9 Å². The number of hydrogen-bond donors (Lipinski definition) is 0. The Hall–Kier alpha value is -2.72. The lowest BCUT2D eigenvalue weighted by atomic mass is 10.1. The van der Waals surface area contributed by atoms with E-state index in [1.165, 1.54) is 6.07 Å². The van der Waals surface area contributed by atoms with Gasteiger partial charge in [-0.25, -0.2) is 4.98 Å². The smallest absolute Gasteiger partial charge is 0.258 e. The molecule has 0 radical (unpaired) electrons. The third kappa shape index (κ3) is 2.82. The van der Waals surface area contributed by atoms with E-state index in [-0.39, 0.29) is 5.69 Å². The normalized spacial score (nSPS) is 11.1. The topological polar surface area (TPSA) is 56.0 Å². The summed E-state index contributed by atoms with van der Waals surface area (Å²) in [5.74, 6) is 0. The molecule has 0 bridgehead atoms. The molecule has 108 valence electrons. The molecule has 0 amide bonds. The highest BCUT2D eigenvalue weighted by Crippen LogP contribution is 2.25. The van der Waals surface area contributed by atoms with Crippen LogP contribution in [-0.4, -0.2) is 9.91 Å². The van der Waals surface area contributed by atoms with E-state index < -0.39 is 4.92 Å². The van der Waals surface area contributed by atoms with Crippen molar-refractivity contribution in [2.24, 2.45) is 0 Å². The Bertz CT molecular complexity index is 891. The molecule has 0 N–H and O–H groups in total. The summed E-state index contributed by atoms with van der Waals surface area (Å²) in [5.41, 5.74) is 2.26. The fourth-order valence-electron chi connectivity index (χ4n) is 2.19. The van der Waals surface area contributed by atoms with Crippen LogP contribution in [0.1, 0.15) is 11.3 Å². The van der Waals surface area contributed by atoms with E-state index in [4.69, 9.17) is 11.6 Å². The minimum atomic E-state index is -0.400. The van der Waals surface area contributed by atoms with Crippen molar-refractivity contribution in [2.45, 2.75) is 0 Å². The van der Waals surface area contributed by atoms with Crippen LogP contribution in [0.4, 0.5) is 5.69 Å². The standard InChI is InChI=1S/C17H11ClN2O2/c18-15-5-2-1-4-12(15)8-9-13-10-11-14-16(19-13)6-3-7-17(14)20(21)22/h1-11H/b9-8+. The summed E-state index contributed by atoms with van der Waals surface area (Å²) in [6, 6.07) is 15.8. The number of halogens is 1. The van der Waals surface area contributed by atoms with Crippen molar-refractivity contribution in [3.05, 3.63) is 81.0 Å². The predicted octanol–water partition coefficient (Wildman–Crippen LogP) is 4.97. The molecule has 0 unspecified atom stereocenters. The lowest BCUT2D eigenvalue weighted by molar-refractivity contribution is -0.383. The van der Waals surface area contributed by atoms with E-state index in [1.807, 2.05) is 36.4 Å². The van der Waals surface area contributed by atoms with Crippen LogP contribution >= 0.6 is 11.6 Å². The zero-order chi connectivity index (χ0) is 15.5. The molecule has 0 fully saturated rings. The van der Waals surface area contributed by atoms with Crippen molar-refractivity contribution in [3.8, 4) is 0 Å². The number of non-ortho nitro benzene ring substituents is 1. The summed E-state index contributed by atoms with van der Waals surface area (Å²) in [7, 11) is 0. The van der Waals surface area contributed by atoms with Crippen LogP contribution in [0.2, 0.25) is 5.02 Å². The van der Waals surface area contributed by atoms with Gasteiger partial charge in [-0.3, -0.25) is 10.1 Å². The fraction of sp³-hybridized carbons (Fsp3) is 0. The molecule has 3 aromatic rings. The van der Waals surface area contributed by atoms with E-state index in [2.05, 4.69) is 4.98 Å². The fourth-order valence-corrected chi connectivity index (χ4v) is 2.39. The van der Waals surface area contributed by atoms with Crippen molar-refractivity contribution in [2.75, 3.05) is 0 Å². The third-order valence-electron chi connectivity index (χ3n) is 3.27. The van der Waals surface area contributed by atoms with E-state index >= 15 is 0 Å². The van der Waals surface area contributed by atoms with Gasteiger partial charge in [-0.2, -0.15) is 0 Å². The number of rotatable bonds is 3. The van der Waals surface area contributed by atoms with Gasteiger partial charge >= 0.3 is 0 Å². The summed E-state index contributed by atoms with van der Waals surface area (Å²) >= 11 is 6.09. The summed E-state index contributed by atoms with van der Waals surface area (Å²) in [4.78, 5) is 15.0. The number of nitrogens with zero attached hydrogens (tertiary/aromatic N) is 2. The van der Waals surface area contributed by atoms with Crippen LogP contribution in [-0.2, 0) is 0 Å². The Kier molecular flexibility index (Phi) is 3.85. The van der Waals surface area contributed by atoms with Gasteiger partial charge in [0.15, 0.2) is 0 Å². The van der Waals surface area contributed by atoms with Gasteiger partial charge in [0.1, 0.15) is 0 Å². The summed E-state index contributed by atoms with van der Waals surface area (Å²) in [5, 5.41) is 12.2. The SMILES string of the molecule is O=[N+]([O-])c1cccc2nc(/C=C/c3ccccc3Cl)ccc12. The predicted molar refractivity (Wildman–Crippen MR) is 88.8 cm³/mol. The van der Waals surface area contributed by atoms with Gasteiger partial charge in [0.2, 0.25) is 0 Å². The quantitative estimate of drug-likeness (QED) is 0.507. The molecule has 1 aromatic heterocycles. The molecule has 4 nitrogen and oxygen atoms in total. The molecule has 0 aliphatic heterocycles. The van der Waals surface area contributed by atoms with Gasteiger partial charge in [-0.1, -0.05) is 41.9 Å². The second-order valence-electron chi connectivity index (χ2n) is 4.69. The first-order valence-corrected chi connectivity index (χ1v) is 7.00. The number of nitro groups is 1. The Balaban J connectivity index is 2.00. The largest absolute Gasteiger partial charge is 0.278 e. The van der Waals surface area contributed by atoms with E-state index in [0.29, 0.717) is 21.6 Å². The van der Waals surface area contributed by atoms with Crippen molar-refractivity contribution in [3.63, 3.8) is 0 Å². The van der Waals surface area contributed by atoms with Crippen LogP contribution < -0.4 is 0 Å². The maximum absolute atomic E-state index is 11.0. The van der Waals surface area contributed by atoms with Crippen LogP contribution in [0.3, 0.4) is 0 Å². The number of aromatic nitrogens is 1. The number of fused-ring (bicyclic) bond motifs is 1. The lowest BCUT2D eigenvalue weighted by Gasteiger charge is -2.01. The first-order chi connectivity index (χ1) is 10.6. The minimum absolute atomic E-state index is 0.0617. The van der Waals surface area contributed by atoms with Gasteiger partial charge in [0.25, 0.3) is 5.69 Å². The molecule has 0 saturated heterocycles. The van der Waals surface area contributed by atoms with Crippen LogP contribution in [0.25, 0.3) is 23.1 Å². The monoisotopic (exact) mass is 310 g/mol. The molecule has 5 heteroatoms. The Labute approximate surface area is 131 Å². The van der Waals surface area contributed by atoms with Gasteiger partial charge < -0.3 is 0 Å². The molecular formula is C17H11ClN2O2. The second kappa shape index (κ2) is 5.95. The van der Waals surface area contributed by atoms with Gasteiger partial charge in [0.05, 0.1) is 21.5 Å². The molecule has 22 heavy (non-hydrogen) atoms. The molecule has 0 aliphatic rings. The number of hydrogen-bond acceptors (Lipinski definition) is 3. The van der Waals surface area contributed by atoms with E-state index in [0.717, 1.165) is 5.56 Å². The lowest BCUT2D eigenvalue weighted by Crippen LogP contribution is -1.91. The van der Waals surface area contributed by atoms with E-state index in [9.17, 15) is 10.1 Å². The summed E-state index contributed by atoms with van der Waals surface area (Å²) < 4.78 is 0. The van der Waals surface area contributed by atoms with Crippen molar-refractivity contribution in [1.82, 2.24) is 4.98 Å². The van der Waals surface area contributed by atoms with Crippen molar-refractivity contribution < 1.29 is 4.92 Å². The molecule has 0 atom stereocenters. The second-order valence-corrected chi connectivity index (χ2v) is 5.10. The Morgan fingerprint density at radius 1 is 1.00 bits per heavy atom. The average Bonchev–Trinajstić information content (AvgIpc) is 2.53. The average molecular weight is 311 g/mol. The maximum atomic E-state index is 11.0. The molecule has 2 aromatic carbocycles. The number of benzene rings is 2. The highest BCUT2D eigenvalue weighted by Gasteiger charge is 2.11. The number of nitro benzene ring substituents is 1.